The molecule has 0 saturated heterocycles. The highest BCUT2D eigenvalue weighted by atomic mass is 19.4. The molecule has 0 aliphatic heterocycles. The van der Waals surface area contributed by atoms with Gasteiger partial charge in [0.1, 0.15) is 5.82 Å². The molecule has 9 heteroatoms. The number of imidazole rings is 1. The summed E-state index contributed by atoms with van der Waals surface area (Å²) in [7, 11) is 3.39. The molecule has 0 radical (unpaired) electrons. The molecule has 0 spiro atoms. The summed E-state index contributed by atoms with van der Waals surface area (Å²) in [5.74, 6) is -1.06. The Morgan fingerprint density at radius 3 is 2.57 bits per heavy atom. The minimum atomic E-state index is -4.79. The molecule has 0 bridgehead atoms. The highest BCUT2D eigenvalue weighted by Crippen LogP contribution is 2.35. The van der Waals surface area contributed by atoms with Gasteiger partial charge in [-0.25, -0.2) is 14.1 Å². The fraction of sp³-hybridized carbons (Fsp3) is 0.211. The summed E-state index contributed by atoms with van der Waals surface area (Å²) in [6.45, 7) is 1.97. The van der Waals surface area contributed by atoms with E-state index in [-0.39, 0.29) is 17.0 Å². The van der Waals surface area contributed by atoms with Crippen molar-refractivity contribution in [3.8, 4) is 0 Å². The summed E-state index contributed by atoms with van der Waals surface area (Å²) in [6.07, 6.45) is -3.03. The van der Waals surface area contributed by atoms with Gasteiger partial charge in [0.05, 0.1) is 22.3 Å². The number of hydrogen-bond acceptors (Lipinski definition) is 3. The van der Waals surface area contributed by atoms with Crippen LogP contribution in [0.25, 0.3) is 21.9 Å². The quantitative estimate of drug-likeness (QED) is 0.487. The molecule has 4 aromatic rings. The molecule has 0 fully saturated rings. The standard InChI is InChI=1S/C19H17F4N5/c1-10-4-5-14-11(6-10)16(9-24-14)26-18-25-15-7-12(19(21,22)23)13(20)8-17(15)28(18)27(2)3/h4-9,24H,1-3H3,(H,25,26). The lowest BCUT2D eigenvalue weighted by Crippen LogP contribution is -2.26. The molecule has 0 amide bonds. The van der Waals surface area contributed by atoms with Crippen molar-refractivity contribution in [1.29, 1.82) is 0 Å². The Kier molecular flexibility index (Phi) is 3.99. The van der Waals surface area contributed by atoms with Gasteiger partial charge in [-0.1, -0.05) is 11.6 Å². The van der Waals surface area contributed by atoms with Crippen LogP contribution in [0.4, 0.5) is 29.2 Å². The average molecular weight is 391 g/mol. The number of halogens is 4. The third-order valence-electron chi connectivity index (χ3n) is 4.51. The second-order valence-electron chi connectivity index (χ2n) is 6.79. The van der Waals surface area contributed by atoms with Crippen molar-refractivity contribution in [2.24, 2.45) is 0 Å². The van der Waals surface area contributed by atoms with Crippen molar-refractivity contribution >= 4 is 33.6 Å². The number of aromatic amines is 1. The SMILES string of the molecule is Cc1ccc2[nH]cc(Nc3nc4cc(C(F)(F)F)c(F)cc4n3N(C)C)c2c1. The van der Waals surface area contributed by atoms with E-state index in [4.69, 9.17) is 0 Å². The molecule has 2 aromatic heterocycles. The zero-order chi connectivity index (χ0) is 20.2. The van der Waals surface area contributed by atoms with E-state index in [1.165, 1.54) is 4.68 Å². The number of anilines is 2. The number of benzene rings is 2. The molecule has 0 aliphatic rings. The second-order valence-corrected chi connectivity index (χ2v) is 6.79. The summed E-state index contributed by atoms with van der Waals surface area (Å²) in [6, 6.07) is 7.48. The van der Waals surface area contributed by atoms with E-state index in [2.05, 4.69) is 15.3 Å². The summed E-state index contributed by atoms with van der Waals surface area (Å²) < 4.78 is 54.8. The van der Waals surface area contributed by atoms with Crippen LogP contribution in [0.2, 0.25) is 0 Å². The van der Waals surface area contributed by atoms with Crippen LogP contribution < -0.4 is 10.3 Å². The van der Waals surface area contributed by atoms with E-state index in [1.54, 1.807) is 25.3 Å². The molecule has 28 heavy (non-hydrogen) atoms. The summed E-state index contributed by atoms with van der Waals surface area (Å²) in [5, 5.41) is 5.68. The third-order valence-corrected chi connectivity index (χ3v) is 4.51. The van der Waals surface area contributed by atoms with E-state index in [0.717, 1.165) is 28.6 Å². The maximum atomic E-state index is 14.1. The van der Waals surface area contributed by atoms with Crippen molar-refractivity contribution in [1.82, 2.24) is 14.6 Å². The van der Waals surface area contributed by atoms with Gasteiger partial charge in [0.2, 0.25) is 5.95 Å². The molecule has 2 heterocycles. The maximum Gasteiger partial charge on any atom is 0.419 e. The van der Waals surface area contributed by atoms with Crippen molar-refractivity contribution < 1.29 is 17.6 Å². The number of aryl methyl sites for hydroxylation is 1. The first kappa shape index (κ1) is 18.1. The topological polar surface area (TPSA) is 48.9 Å². The molecule has 0 unspecified atom stereocenters. The lowest BCUT2D eigenvalue weighted by atomic mass is 10.1. The largest absolute Gasteiger partial charge is 0.419 e. The third kappa shape index (κ3) is 2.92. The molecule has 146 valence electrons. The molecule has 0 atom stereocenters. The van der Waals surface area contributed by atoms with E-state index in [9.17, 15) is 17.6 Å². The number of rotatable bonds is 3. The Bertz CT molecular complexity index is 1190. The molecular weight excluding hydrogens is 374 g/mol. The zero-order valence-corrected chi connectivity index (χ0v) is 15.3. The Morgan fingerprint density at radius 2 is 1.89 bits per heavy atom. The highest BCUT2D eigenvalue weighted by Gasteiger charge is 2.35. The normalized spacial score (nSPS) is 12.1. The molecule has 5 nitrogen and oxygen atoms in total. The van der Waals surface area contributed by atoms with E-state index < -0.39 is 17.6 Å². The Hall–Kier alpha value is -3.23. The summed E-state index contributed by atoms with van der Waals surface area (Å²) in [4.78, 5) is 7.42. The molecular formula is C19H17F4N5. The monoisotopic (exact) mass is 391 g/mol. The Balaban J connectivity index is 1.88. The highest BCUT2D eigenvalue weighted by molar-refractivity contribution is 5.94. The number of nitrogens with one attached hydrogen (secondary N) is 2. The van der Waals surface area contributed by atoms with Crippen LogP contribution >= 0.6 is 0 Å². The van der Waals surface area contributed by atoms with Crippen LogP contribution in [0.3, 0.4) is 0 Å². The predicted molar refractivity (Wildman–Crippen MR) is 101 cm³/mol. The molecule has 0 aliphatic carbocycles. The zero-order valence-electron chi connectivity index (χ0n) is 15.3. The Labute approximate surface area is 157 Å². The maximum absolute atomic E-state index is 14.1. The lowest BCUT2D eigenvalue weighted by molar-refractivity contribution is -0.139. The smallest absolute Gasteiger partial charge is 0.359 e. The van der Waals surface area contributed by atoms with Crippen LogP contribution in [0, 0.1) is 12.7 Å². The van der Waals surface area contributed by atoms with Crippen LogP contribution in [0.15, 0.2) is 36.5 Å². The van der Waals surface area contributed by atoms with E-state index >= 15 is 0 Å². The number of aromatic nitrogens is 3. The van der Waals surface area contributed by atoms with Gasteiger partial charge in [-0.15, -0.1) is 0 Å². The molecule has 4 rings (SSSR count). The van der Waals surface area contributed by atoms with Crippen LogP contribution in [-0.4, -0.2) is 28.7 Å². The number of nitrogens with zero attached hydrogens (tertiary/aromatic N) is 3. The number of hydrogen-bond donors (Lipinski definition) is 2. The second kappa shape index (κ2) is 6.15. The van der Waals surface area contributed by atoms with Crippen LogP contribution in [0.1, 0.15) is 11.1 Å². The fourth-order valence-electron chi connectivity index (χ4n) is 3.25. The van der Waals surface area contributed by atoms with Crippen molar-refractivity contribution in [2.45, 2.75) is 13.1 Å². The first-order valence-electron chi connectivity index (χ1n) is 8.46. The van der Waals surface area contributed by atoms with Gasteiger partial charge >= 0.3 is 6.18 Å². The number of fused-ring (bicyclic) bond motifs is 2. The molecule has 2 N–H and O–H groups in total. The van der Waals surface area contributed by atoms with Gasteiger partial charge < -0.3 is 15.3 Å². The van der Waals surface area contributed by atoms with E-state index in [1.807, 2.05) is 25.1 Å². The fourth-order valence-corrected chi connectivity index (χ4v) is 3.25. The minimum Gasteiger partial charge on any atom is -0.359 e. The van der Waals surface area contributed by atoms with Gasteiger partial charge in [0.15, 0.2) is 0 Å². The number of H-pyrrole nitrogens is 1. The van der Waals surface area contributed by atoms with Gasteiger partial charge in [-0.2, -0.15) is 13.2 Å². The van der Waals surface area contributed by atoms with Crippen molar-refractivity contribution in [3.05, 3.63) is 53.5 Å². The average Bonchev–Trinajstić information content (AvgIpc) is 3.14. The van der Waals surface area contributed by atoms with Gasteiger partial charge in [0.25, 0.3) is 0 Å². The Morgan fingerprint density at radius 1 is 1.14 bits per heavy atom. The predicted octanol–water partition coefficient (Wildman–Crippen LogP) is 4.93. The van der Waals surface area contributed by atoms with Gasteiger partial charge in [0, 0.05) is 37.3 Å². The van der Waals surface area contributed by atoms with Crippen molar-refractivity contribution in [2.75, 3.05) is 24.4 Å². The summed E-state index contributed by atoms with van der Waals surface area (Å²) >= 11 is 0. The van der Waals surface area contributed by atoms with Crippen LogP contribution in [-0.2, 0) is 6.18 Å². The lowest BCUT2D eigenvalue weighted by Gasteiger charge is -2.18. The molecule has 0 saturated carbocycles. The van der Waals surface area contributed by atoms with Gasteiger partial charge in [-0.3, -0.25) is 0 Å². The van der Waals surface area contributed by atoms with E-state index in [0.29, 0.717) is 5.69 Å². The number of alkyl halides is 3. The van der Waals surface area contributed by atoms with Crippen LogP contribution in [0.5, 0.6) is 0 Å². The first-order chi connectivity index (χ1) is 13.1. The first-order valence-corrected chi connectivity index (χ1v) is 8.46. The molecule has 2 aromatic carbocycles. The summed E-state index contributed by atoms with van der Waals surface area (Å²) in [5.41, 5.74) is 1.63. The van der Waals surface area contributed by atoms with Gasteiger partial charge in [-0.05, 0) is 25.1 Å². The van der Waals surface area contributed by atoms with Crippen molar-refractivity contribution in [3.63, 3.8) is 0 Å². The minimum absolute atomic E-state index is 0.0425.